The molecule has 0 aliphatic heterocycles. The Morgan fingerprint density at radius 2 is 1.80 bits per heavy atom. The van der Waals surface area contributed by atoms with E-state index in [-0.39, 0.29) is 11.1 Å². The first-order valence-electron chi connectivity index (χ1n) is 10.5. The molecule has 0 atom stereocenters. The molecular formula is C24H18ClN7O3. The molecule has 3 aromatic heterocycles. The van der Waals surface area contributed by atoms with Crippen LogP contribution in [0.15, 0.2) is 67.1 Å². The Kier molecular flexibility index (Phi) is 5.71. The maximum absolute atomic E-state index is 13.1. The second kappa shape index (κ2) is 8.99. The van der Waals surface area contributed by atoms with E-state index in [1.165, 1.54) is 24.2 Å². The number of carbonyl (C=O) groups excluding carboxylic acids is 2. The fourth-order valence-electron chi connectivity index (χ4n) is 3.70. The lowest BCUT2D eigenvalue weighted by Gasteiger charge is -2.11. The maximum Gasteiger partial charge on any atom is 0.338 e. The average molecular weight is 488 g/mol. The van der Waals surface area contributed by atoms with E-state index in [0.29, 0.717) is 33.4 Å². The average Bonchev–Trinajstić information content (AvgIpc) is 3.46. The van der Waals surface area contributed by atoms with Gasteiger partial charge in [-0.05, 0) is 37.3 Å². The van der Waals surface area contributed by atoms with Gasteiger partial charge in [0.1, 0.15) is 12.1 Å². The highest BCUT2D eigenvalue weighted by molar-refractivity contribution is 6.30. The highest BCUT2D eigenvalue weighted by Gasteiger charge is 2.21. The molecule has 0 bridgehead atoms. The Balaban J connectivity index is 1.56. The fourth-order valence-corrected chi connectivity index (χ4v) is 3.88. The van der Waals surface area contributed by atoms with Crippen LogP contribution in [-0.2, 0) is 4.74 Å². The van der Waals surface area contributed by atoms with E-state index in [2.05, 4.69) is 25.5 Å². The second-order valence-corrected chi connectivity index (χ2v) is 7.98. The number of fused-ring (bicyclic) bond motifs is 1. The molecule has 10 nitrogen and oxygen atoms in total. The summed E-state index contributed by atoms with van der Waals surface area (Å²) in [7, 11) is 1.26. The Labute approximate surface area is 204 Å². The molecule has 0 saturated heterocycles. The Morgan fingerprint density at radius 1 is 1.00 bits per heavy atom. The molecule has 0 aliphatic rings. The molecular weight excluding hydrogens is 470 g/mol. The van der Waals surface area contributed by atoms with E-state index in [1.54, 1.807) is 54.2 Å². The summed E-state index contributed by atoms with van der Waals surface area (Å²) in [6.45, 7) is 1.79. The number of aryl methyl sites for hydroxylation is 1. The predicted octanol–water partition coefficient (Wildman–Crippen LogP) is 4.00. The van der Waals surface area contributed by atoms with Crippen molar-refractivity contribution in [2.45, 2.75) is 6.92 Å². The number of hydrogen-bond donors (Lipinski definition) is 1. The lowest BCUT2D eigenvalue weighted by Crippen LogP contribution is -2.19. The summed E-state index contributed by atoms with van der Waals surface area (Å²) in [5, 5.41) is 13.0. The third-order valence-electron chi connectivity index (χ3n) is 5.25. The van der Waals surface area contributed by atoms with Gasteiger partial charge in [0, 0.05) is 11.1 Å². The van der Waals surface area contributed by atoms with Gasteiger partial charge in [-0.2, -0.15) is 14.9 Å². The zero-order chi connectivity index (χ0) is 24.5. The number of carbonyl (C=O) groups is 2. The fraction of sp³-hybridized carbons (Fsp3) is 0.0833. The van der Waals surface area contributed by atoms with Crippen molar-refractivity contribution in [3.05, 3.63) is 89.0 Å². The van der Waals surface area contributed by atoms with Crippen molar-refractivity contribution >= 4 is 40.3 Å². The van der Waals surface area contributed by atoms with Gasteiger partial charge in [-0.1, -0.05) is 29.8 Å². The number of anilines is 1. The molecule has 1 amide bonds. The first-order chi connectivity index (χ1) is 17.0. The van der Waals surface area contributed by atoms with Gasteiger partial charge in [0.2, 0.25) is 0 Å². The predicted molar refractivity (Wildman–Crippen MR) is 129 cm³/mol. The number of rotatable bonds is 5. The second-order valence-electron chi connectivity index (χ2n) is 7.54. The van der Waals surface area contributed by atoms with Crippen LogP contribution in [0.1, 0.15) is 26.4 Å². The number of nitrogens with zero attached hydrogens (tertiary/aromatic N) is 6. The van der Waals surface area contributed by atoms with Crippen LogP contribution in [0.5, 0.6) is 0 Å². The third-order valence-corrected chi connectivity index (χ3v) is 5.48. The first-order valence-corrected chi connectivity index (χ1v) is 10.8. The molecule has 35 heavy (non-hydrogen) atoms. The van der Waals surface area contributed by atoms with Gasteiger partial charge in [0.25, 0.3) is 5.91 Å². The van der Waals surface area contributed by atoms with Gasteiger partial charge >= 0.3 is 5.97 Å². The molecule has 2 aromatic carbocycles. The zero-order valence-corrected chi connectivity index (χ0v) is 19.4. The molecule has 0 saturated carbocycles. The number of amides is 1. The van der Waals surface area contributed by atoms with E-state index < -0.39 is 11.9 Å². The van der Waals surface area contributed by atoms with Gasteiger partial charge in [0.05, 0.1) is 41.2 Å². The molecule has 5 rings (SSSR count). The van der Waals surface area contributed by atoms with E-state index >= 15 is 0 Å². The number of benzene rings is 2. The molecule has 11 heteroatoms. The van der Waals surface area contributed by atoms with Crippen molar-refractivity contribution in [1.82, 2.24) is 29.5 Å². The quantitative estimate of drug-likeness (QED) is 0.372. The normalized spacial score (nSPS) is 10.9. The Morgan fingerprint density at radius 3 is 2.57 bits per heavy atom. The smallest absolute Gasteiger partial charge is 0.338 e. The van der Waals surface area contributed by atoms with Gasteiger partial charge < -0.3 is 10.1 Å². The summed E-state index contributed by atoms with van der Waals surface area (Å²) >= 11 is 6.15. The van der Waals surface area contributed by atoms with Gasteiger partial charge in [-0.15, -0.1) is 0 Å². The molecule has 0 radical (unpaired) electrons. The van der Waals surface area contributed by atoms with Crippen LogP contribution in [0.2, 0.25) is 5.02 Å². The summed E-state index contributed by atoms with van der Waals surface area (Å²) in [5.74, 6) is -0.311. The first kappa shape index (κ1) is 22.2. The highest BCUT2D eigenvalue weighted by atomic mass is 35.5. The van der Waals surface area contributed by atoms with Crippen LogP contribution in [0, 0.1) is 6.92 Å². The molecule has 0 spiro atoms. The summed E-state index contributed by atoms with van der Waals surface area (Å²) in [4.78, 5) is 34.0. The van der Waals surface area contributed by atoms with Crippen LogP contribution >= 0.6 is 11.6 Å². The number of methoxy groups -OCH3 is 1. The number of nitrogens with one attached hydrogen (secondary N) is 1. The van der Waals surface area contributed by atoms with E-state index in [9.17, 15) is 9.59 Å². The largest absolute Gasteiger partial charge is 0.465 e. The minimum Gasteiger partial charge on any atom is -0.465 e. The van der Waals surface area contributed by atoms with Gasteiger partial charge in [-0.25, -0.2) is 19.4 Å². The van der Waals surface area contributed by atoms with Crippen molar-refractivity contribution in [1.29, 1.82) is 0 Å². The van der Waals surface area contributed by atoms with Crippen LogP contribution in [0.3, 0.4) is 0 Å². The minimum atomic E-state index is -0.605. The highest BCUT2D eigenvalue weighted by Crippen LogP contribution is 2.25. The van der Waals surface area contributed by atoms with Crippen LogP contribution in [-0.4, -0.2) is 48.5 Å². The lowest BCUT2D eigenvalue weighted by atomic mass is 10.1. The standard InChI is InChI=1S/C24H18ClN7O3/c1-14-10-20(29-23(33)17-8-3-4-9-18(17)24(34)35-2)32(30-14)22-19-12-28-31(21(19)26-13-27-22)16-7-5-6-15(25)11-16/h3-13H,1-2H3,(H,29,33). The lowest BCUT2D eigenvalue weighted by molar-refractivity contribution is 0.0597. The third kappa shape index (κ3) is 4.11. The summed E-state index contributed by atoms with van der Waals surface area (Å²) in [5.41, 5.74) is 2.25. The summed E-state index contributed by atoms with van der Waals surface area (Å²) in [6, 6.07) is 15.3. The van der Waals surface area contributed by atoms with Crippen LogP contribution in [0.4, 0.5) is 5.82 Å². The van der Waals surface area contributed by atoms with Gasteiger partial charge in [-0.3, -0.25) is 4.79 Å². The number of aromatic nitrogens is 6. The summed E-state index contributed by atoms with van der Waals surface area (Å²) < 4.78 is 7.95. The number of hydrogen-bond acceptors (Lipinski definition) is 7. The van der Waals surface area contributed by atoms with Crippen molar-refractivity contribution in [2.75, 3.05) is 12.4 Å². The topological polar surface area (TPSA) is 117 Å². The summed E-state index contributed by atoms with van der Waals surface area (Å²) in [6.07, 6.45) is 3.02. The number of esters is 1. The van der Waals surface area contributed by atoms with E-state index in [1.807, 2.05) is 12.1 Å². The van der Waals surface area contributed by atoms with Crippen molar-refractivity contribution in [3.63, 3.8) is 0 Å². The molecule has 0 unspecified atom stereocenters. The van der Waals surface area contributed by atoms with Crippen molar-refractivity contribution in [2.24, 2.45) is 0 Å². The monoisotopic (exact) mass is 487 g/mol. The Hall–Kier alpha value is -4.57. The molecule has 174 valence electrons. The minimum absolute atomic E-state index is 0.155. The van der Waals surface area contributed by atoms with Crippen LogP contribution in [0.25, 0.3) is 22.5 Å². The van der Waals surface area contributed by atoms with E-state index in [4.69, 9.17) is 16.3 Å². The molecule has 5 aromatic rings. The maximum atomic E-state index is 13.1. The van der Waals surface area contributed by atoms with Gasteiger partial charge in [0.15, 0.2) is 11.5 Å². The van der Waals surface area contributed by atoms with E-state index in [0.717, 1.165) is 5.69 Å². The number of halogens is 1. The number of ether oxygens (including phenoxy) is 1. The SMILES string of the molecule is COC(=O)c1ccccc1C(=O)Nc1cc(C)nn1-c1ncnc2c1cnn2-c1cccc(Cl)c1. The Bertz CT molecular complexity index is 1590. The molecule has 3 heterocycles. The molecule has 1 N–H and O–H groups in total. The molecule has 0 fully saturated rings. The van der Waals surface area contributed by atoms with Crippen molar-refractivity contribution < 1.29 is 14.3 Å². The van der Waals surface area contributed by atoms with Crippen molar-refractivity contribution in [3.8, 4) is 11.5 Å². The molecule has 0 aliphatic carbocycles. The zero-order valence-electron chi connectivity index (χ0n) is 18.6. The van der Waals surface area contributed by atoms with Crippen LogP contribution < -0.4 is 5.32 Å².